The van der Waals surface area contributed by atoms with Crippen molar-refractivity contribution in [3.05, 3.63) is 24.3 Å². The molecule has 1 aromatic carbocycles. The molecule has 6 heteroatoms. The third-order valence-corrected chi connectivity index (χ3v) is 3.65. The van der Waals surface area contributed by atoms with E-state index in [1.807, 2.05) is 0 Å². The maximum atomic E-state index is 11.4. The third-order valence-electron chi connectivity index (χ3n) is 2.54. The first-order chi connectivity index (χ1) is 8.89. The molecule has 0 aliphatic heterocycles. The predicted octanol–water partition coefficient (Wildman–Crippen LogP) is 2.11. The van der Waals surface area contributed by atoms with E-state index in [2.05, 4.69) is 0 Å². The predicted molar refractivity (Wildman–Crippen MR) is 71.2 cm³/mol. The van der Waals surface area contributed by atoms with Gasteiger partial charge in [0.15, 0.2) is 9.84 Å². The fourth-order valence-electron chi connectivity index (χ4n) is 1.54. The van der Waals surface area contributed by atoms with Crippen LogP contribution in [0.2, 0.25) is 0 Å². The van der Waals surface area contributed by atoms with Crippen LogP contribution in [-0.2, 0) is 14.6 Å². The van der Waals surface area contributed by atoms with Crippen LogP contribution >= 0.6 is 0 Å². The van der Waals surface area contributed by atoms with Crippen LogP contribution in [0.4, 0.5) is 0 Å². The van der Waals surface area contributed by atoms with Crippen LogP contribution in [0.1, 0.15) is 25.7 Å². The minimum atomic E-state index is -3.22. The molecule has 0 fully saturated rings. The molecule has 0 unspecified atom stereocenters. The van der Waals surface area contributed by atoms with Crippen molar-refractivity contribution in [2.24, 2.45) is 0 Å². The summed E-state index contributed by atoms with van der Waals surface area (Å²) in [5.74, 6) is -0.275. The Labute approximate surface area is 113 Å². The van der Waals surface area contributed by atoms with Crippen molar-refractivity contribution in [3.8, 4) is 5.75 Å². The molecule has 1 rings (SSSR count). The van der Waals surface area contributed by atoms with E-state index < -0.39 is 15.8 Å². The van der Waals surface area contributed by atoms with Crippen molar-refractivity contribution in [3.63, 3.8) is 0 Å². The molecule has 106 valence electrons. The van der Waals surface area contributed by atoms with E-state index in [9.17, 15) is 13.2 Å². The second-order valence-corrected chi connectivity index (χ2v) is 6.32. The lowest BCUT2D eigenvalue weighted by Gasteiger charge is -2.07. The van der Waals surface area contributed by atoms with Gasteiger partial charge in [0.2, 0.25) is 0 Å². The van der Waals surface area contributed by atoms with Gasteiger partial charge < -0.3 is 9.84 Å². The fraction of sp³-hybridized carbons (Fsp3) is 0.462. The van der Waals surface area contributed by atoms with Gasteiger partial charge in [-0.25, -0.2) is 8.42 Å². The van der Waals surface area contributed by atoms with E-state index in [1.165, 1.54) is 12.1 Å². The Morgan fingerprint density at radius 2 is 2.00 bits per heavy atom. The number of ether oxygens (including phenoxy) is 1. The zero-order valence-corrected chi connectivity index (χ0v) is 11.6. The van der Waals surface area contributed by atoms with Gasteiger partial charge in [-0.15, -0.1) is 0 Å². The molecule has 0 bridgehead atoms. The largest absolute Gasteiger partial charge is 0.494 e. The van der Waals surface area contributed by atoms with Crippen molar-refractivity contribution in [2.45, 2.75) is 30.6 Å². The third kappa shape index (κ3) is 6.24. The number of carbonyl (C=O) groups is 1. The average Bonchev–Trinajstić information content (AvgIpc) is 2.32. The van der Waals surface area contributed by atoms with E-state index in [-0.39, 0.29) is 11.3 Å². The normalized spacial score (nSPS) is 11.2. The molecule has 1 aromatic rings. The maximum absolute atomic E-state index is 11.4. The summed E-state index contributed by atoms with van der Waals surface area (Å²) < 4.78 is 28.1. The summed E-state index contributed by atoms with van der Waals surface area (Å²) in [4.78, 5) is 10.5. The zero-order chi connectivity index (χ0) is 14.3. The van der Waals surface area contributed by atoms with Crippen molar-refractivity contribution >= 4 is 15.8 Å². The second kappa shape index (κ2) is 7.13. The highest BCUT2D eigenvalue weighted by Gasteiger charge is 2.07. The smallest absolute Gasteiger partial charge is 0.303 e. The highest BCUT2D eigenvalue weighted by Crippen LogP contribution is 2.17. The molecule has 0 spiro atoms. The zero-order valence-electron chi connectivity index (χ0n) is 10.8. The Balaban J connectivity index is 2.36. The first-order valence-electron chi connectivity index (χ1n) is 6.04. The Morgan fingerprint density at radius 3 is 2.63 bits per heavy atom. The lowest BCUT2D eigenvalue weighted by atomic mass is 10.2. The molecule has 1 N–H and O–H groups in total. The van der Waals surface area contributed by atoms with Gasteiger partial charge in [-0.1, -0.05) is 6.07 Å². The summed E-state index contributed by atoms with van der Waals surface area (Å²) in [6.07, 6.45) is 3.47. The van der Waals surface area contributed by atoms with Gasteiger partial charge in [-0.3, -0.25) is 4.79 Å². The minimum Gasteiger partial charge on any atom is -0.494 e. The fourth-order valence-corrected chi connectivity index (χ4v) is 2.20. The standard InChI is InChI=1S/C13H18O5S/c1-19(16,17)12-7-5-6-11(10-12)18-9-4-2-3-8-13(14)15/h5-7,10H,2-4,8-9H2,1H3,(H,14,15). The summed E-state index contributed by atoms with van der Waals surface area (Å²) in [5, 5.41) is 8.47. The summed E-state index contributed by atoms with van der Waals surface area (Å²) in [6.45, 7) is 0.451. The summed E-state index contributed by atoms with van der Waals surface area (Å²) >= 11 is 0. The van der Waals surface area contributed by atoms with E-state index in [1.54, 1.807) is 12.1 Å². The molecule has 0 atom stereocenters. The highest BCUT2D eigenvalue weighted by atomic mass is 32.2. The highest BCUT2D eigenvalue weighted by molar-refractivity contribution is 7.90. The second-order valence-electron chi connectivity index (χ2n) is 4.30. The van der Waals surface area contributed by atoms with Crippen molar-refractivity contribution in [2.75, 3.05) is 12.9 Å². The van der Waals surface area contributed by atoms with Crippen molar-refractivity contribution < 1.29 is 23.1 Å². The van der Waals surface area contributed by atoms with Crippen LogP contribution in [0.5, 0.6) is 5.75 Å². The first kappa shape index (κ1) is 15.5. The quantitative estimate of drug-likeness (QED) is 0.740. The molecule has 0 aromatic heterocycles. The SMILES string of the molecule is CS(=O)(=O)c1cccc(OCCCCCC(=O)O)c1. The molecule has 0 heterocycles. The number of hydrogen-bond acceptors (Lipinski definition) is 4. The number of carboxylic acids is 1. The lowest BCUT2D eigenvalue weighted by molar-refractivity contribution is -0.137. The van der Waals surface area contributed by atoms with Crippen LogP contribution in [-0.4, -0.2) is 32.4 Å². The van der Waals surface area contributed by atoms with Crippen molar-refractivity contribution in [1.82, 2.24) is 0 Å². The molecular weight excluding hydrogens is 268 g/mol. The molecule has 0 aliphatic carbocycles. The molecule has 19 heavy (non-hydrogen) atoms. The van der Waals surface area contributed by atoms with Crippen LogP contribution in [0.25, 0.3) is 0 Å². The van der Waals surface area contributed by atoms with E-state index in [0.717, 1.165) is 19.1 Å². The minimum absolute atomic E-state index is 0.170. The van der Waals surface area contributed by atoms with E-state index in [0.29, 0.717) is 18.8 Å². The van der Waals surface area contributed by atoms with Gasteiger partial charge in [0.05, 0.1) is 11.5 Å². The Kier molecular flexibility index (Phi) is 5.82. The van der Waals surface area contributed by atoms with Gasteiger partial charge >= 0.3 is 5.97 Å². The molecule has 5 nitrogen and oxygen atoms in total. The van der Waals surface area contributed by atoms with E-state index in [4.69, 9.17) is 9.84 Å². The van der Waals surface area contributed by atoms with Crippen LogP contribution < -0.4 is 4.74 Å². The Hall–Kier alpha value is -1.56. The number of aliphatic carboxylic acids is 1. The number of hydrogen-bond donors (Lipinski definition) is 1. The molecule has 0 saturated heterocycles. The molecular formula is C13H18O5S. The number of benzene rings is 1. The molecule has 0 amide bonds. The van der Waals surface area contributed by atoms with Crippen molar-refractivity contribution in [1.29, 1.82) is 0 Å². The topological polar surface area (TPSA) is 80.7 Å². The molecule has 0 saturated carbocycles. The number of unbranched alkanes of at least 4 members (excludes halogenated alkanes) is 2. The monoisotopic (exact) mass is 286 g/mol. The van der Waals surface area contributed by atoms with Gasteiger partial charge in [-0.2, -0.15) is 0 Å². The van der Waals surface area contributed by atoms with Gasteiger partial charge in [0.1, 0.15) is 5.75 Å². The lowest BCUT2D eigenvalue weighted by Crippen LogP contribution is -2.01. The van der Waals surface area contributed by atoms with Gasteiger partial charge in [0, 0.05) is 12.7 Å². The van der Waals surface area contributed by atoms with Crippen LogP contribution in [0.3, 0.4) is 0 Å². The Morgan fingerprint density at radius 1 is 1.26 bits per heavy atom. The first-order valence-corrected chi connectivity index (χ1v) is 7.93. The van der Waals surface area contributed by atoms with Crippen LogP contribution in [0, 0.1) is 0 Å². The number of sulfone groups is 1. The molecule has 0 aliphatic rings. The van der Waals surface area contributed by atoms with Gasteiger partial charge in [-0.05, 0) is 37.5 Å². The number of carboxylic acid groups (broad SMARTS) is 1. The summed E-state index contributed by atoms with van der Waals surface area (Å²) in [5.41, 5.74) is 0. The number of rotatable bonds is 8. The summed E-state index contributed by atoms with van der Waals surface area (Å²) in [6, 6.07) is 6.35. The van der Waals surface area contributed by atoms with Crippen LogP contribution in [0.15, 0.2) is 29.2 Å². The van der Waals surface area contributed by atoms with Gasteiger partial charge in [0.25, 0.3) is 0 Å². The molecule has 0 radical (unpaired) electrons. The Bertz CT molecular complexity index is 522. The summed E-state index contributed by atoms with van der Waals surface area (Å²) in [7, 11) is -3.22. The average molecular weight is 286 g/mol. The maximum Gasteiger partial charge on any atom is 0.303 e. The van der Waals surface area contributed by atoms with E-state index >= 15 is 0 Å².